The molecule has 16 heavy (non-hydrogen) atoms. The Labute approximate surface area is 101 Å². The molecule has 0 aromatic heterocycles. The van der Waals surface area contributed by atoms with Crippen LogP contribution in [0.3, 0.4) is 0 Å². The highest BCUT2D eigenvalue weighted by molar-refractivity contribution is 5.02. The van der Waals surface area contributed by atoms with Gasteiger partial charge in [-0.1, -0.05) is 34.3 Å². The maximum Gasteiger partial charge on any atom is 0.0205 e. The Morgan fingerprint density at radius 1 is 1.31 bits per heavy atom. The molecule has 0 aromatic carbocycles. The van der Waals surface area contributed by atoms with E-state index in [1.165, 1.54) is 25.0 Å². The molecule has 1 N–H and O–H groups in total. The Morgan fingerprint density at radius 3 is 2.38 bits per heavy atom. The van der Waals surface area contributed by atoms with Crippen LogP contribution in [0.4, 0.5) is 0 Å². The Morgan fingerprint density at radius 2 is 1.94 bits per heavy atom. The van der Waals surface area contributed by atoms with Gasteiger partial charge in [0.2, 0.25) is 0 Å². The summed E-state index contributed by atoms with van der Waals surface area (Å²) in [7, 11) is 0. The molecule has 0 spiro atoms. The molecule has 2 nitrogen and oxygen atoms in total. The number of hydrogen-bond acceptors (Lipinski definition) is 2. The van der Waals surface area contributed by atoms with Gasteiger partial charge >= 0.3 is 0 Å². The Hall–Kier alpha value is -0.340. The lowest BCUT2D eigenvalue weighted by molar-refractivity contribution is 0.252. The van der Waals surface area contributed by atoms with E-state index in [1.54, 1.807) is 0 Å². The van der Waals surface area contributed by atoms with Gasteiger partial charge in [0.1, 0.15) is 0 Å². The van der Waals surface area contributed by atoms with E-state index in [4.69, 9.17) is 0 Å². The molecule has 2 heteroatoms. The van der Waals surface area contributed by atoms with E-state index < -0.39 is 0 Å². The number of rotatable bonds is 8. The first-order chi connectivity index (χ1) is 7.49. The largest absolute Gasteiger partial charge is 0.311 e. The molecule has 0 heterocycles. The Kier molecular flexibility index (Phi) is 5.50. The lowest BCUT2D eigenvalue weighted by Crippen LogP contribution is -2.35. The minimum atomic E-state index is 0.552. The molecule has 0 bridgehead atoms. The van der Waals surface area contributed by atoms with E-state index in [-0.39, 0.29) is 0 Å². The van der Waals surface area contributed by atoms with Crippen LogP contribution >= 0.6 is 0 Å². The fraction of sp³-hybridized carbons (Fsp3) is 0.857. The van der Waals surface area contributed by atoms with Crippen LogP contribution in [0.1, 0.15) is 40.5 Å². The molecular weight excluding hydrogens is 196 g/mol. The van der Waals surface area contributed by atoms with E-state index >= 15 is 0 Å². The average Bonchev–Trinajstić information content (AvgIpc) is 2.96. The molecule has 1 rings (SSSR count). The van der Waals surface area contributed by atoms with Gasteiger partial charge in [-0.25, -0.2) is 0 Å². The summed E-state index contributed by atoms with van der Waals surface area (Å²) in [6.45, 7) is 16.4. The molecule has 1 aliphatic carbocycles. The molecule has 1 fully saturated rings. The Balaban J connectivity index is 2.27. The molecule has 1 saturated carbocycles. The van der Waals surface area contributed by atoms with Crippen molar-refractivity contribution < 1.29 is 0 Å². The van der Waals surface area contributed by atoms with Crippen molar-refractivity contribution in [3.8, 4) is 0 Å². The van der Waals surface area contributed by atoms with Crippen molar-refractivity contribution in [3.63, 3.8) is 0 Å². The summed E-state index contributed by atoms with van der Waals surface area (Å²) in [5, 5.41) is 3.44. The minimum Gasteiger partial charge on any atom is -0.311 e. The molecule has 0 aliphatic heterocycles. The second kappa shape index (κ2) is 6.41. The summed E-state index contributed by atoms with van der Waals surface area (Å²) < 4.78 is 0. The van der Waals surface area contributed by atoms with Crippen molar-refractivity contribution in [1.29, 1.82) is 0 Å². The van der Waals surface area contributed by atoms with Gasteiger partial charge in [-0.05, 0) is 24.3 Å². The first-order valence-corrected chi connectivity index (χ1v) is 6.63. The number of nitrogens with zero attached hydrogens (tertiary/aromatic N) is 1. The predicted octanol–water partition coefficient (Wildman–Crippen LogP) is 2.66. The molecule has 94 valence electrons. The summed E-state index contributed by atoms with van der Waals surface area (Å²) in [5.41, 5.74) is 1.32. The fourth-order valence-corrected chi connectivity index (χ4v) is 1.94. The summed E-state index contributed by atoms with van der Waals surface area (Å²) in [5.74, 6) is 0.756. The first kappa shape index (κ1) is 13.7. The molecule has 0 atom stereocenters. The lowest BCUT2D eigenvalue weighted by Gasteiger charge is -2.25. The highest BCUT2D eigenvalue weighted by Crippen LogP contribution is 2.27. The quantitative estimate of drug-likeness (QED) is 0.638. The second-order valence-corrected chi connectivity index (χ2v) is 5.84. The minimum absolute atomic E-state index is 0.552. The fourth-order valence-electron chi connectivity index (χ4n) is 1.94. The summed E-state index contributed by atoms with van der Waals surface area (Å²) in [6.07, 6.45) is 2.77. The standard InChI is InChI=1S/C14H28N2/c1-11(2)9-16(14-6-7-14)10-13(5)8-15-12(3)4/h11-12,14-15H,5-10H2,1-4H3. The van der Waals surface area contributed by atoms with E-state index in [1.807, 2.05) is 0 Å². The van der Waals surface area contributed by atoms with Gasteiger partial charge < -0.3 is 5.32 Å². The van der Waals surface area contributed by atoms with Gasteiger partial charge in [0.25, 0.3) is 0 Å². The summed E-state index contributed by atoms with van der Waals surface area (Å²) >= 11 is 0. The third-order valence-electron chi connectivity index (χ3n) is 2.85. The highest BCUT2D eigenvalue weighted by Gasteiger charge is 2.29. The third kappa shape index (κ3) is 5.66. The van der Waals surface area contributed by atoms with Crippen molar-refractivity contribution in [2.24, 2.45) is 5.92 Å². The molecule has 0 aromatic rings. The van der Waals surface area contributed by atoms with Crippen LogP contribution in [0.15, 0.2) is 12.2 Å². The third-order valence-corrected chi connectivity index (χ3v) is 2.85. The van der Waals surface area contributed by atoms with Gasteiger partial charge in [0, 0.05) is 31.7 Å². The smallest absolute Gasteiger partial charge is 0.0205 e. The molecule has 0 saturated heterocycles. The van der Waals surface area contributed by atoms with Crippen LogP contribution in [0.25, 0.3) is 0 Å². The van der Waals surface area contributed by atoms with Crippen LogP contribution in [-0.2, 0) is 0 Å². The summed E-state index contributed by atoms with van der Waals surface area (Å²) in [4.78, 5) is 2.61. The number of hydrogen-bond donors (Lipinski definition) is 1. The van der Waals surface area contributed by atoms with Crippen LogP contribution in [-0.4, -0.2) is 36.6 Å². The van der Waals surface area contributed by atoms with E-state index in [2.05, 4.69) is 44.5 Å². The van der Waals surface area contributed by atoms with Crippen LogP contribution < -0.4 is 5.32 Å². The zero-order valence-corrected chi connectivity index (χ0v) is 11.4. The molecule has 0 radical (unpaired) electrons. The van der Waals surface area contributed by atoms with Gasteiger partial charge in [0.15, 0.2) is 0 Å². The SMILES string of the molecule is C=C(CNC(C)C)CN(CC(C)C)C1CC1. The van der Waals surface area contributed by atoms with Crippen molar-refractivity contribution >= 4 is 0 Å². The van der Waals surface area contributed by atoms with Crippen molar-refractivity contribution in [1.82, 2.24) is 10.2 Å². The Bertz CT molecular complexity index is 217. The zero-order chi connectivity index (χ0) is 12.1. The molecule has 1 aliphatic rings. The van der Waals surface area contributed by atoms with E-state index in [9.17, 15) is 0 Å². The zero-order valence-electron chi connectivity index (χ0n) is 11.4. The summed E-state index contributed by atoms with van der Waals surface area (Å²) in [6, 6.07) is 1.40. The van der Waals surface area contributed by atoms with E-state index in [0.29, 0.717) is 6.04 Å². The second-order valence-electron chi connectivity index (χ2n) is 5.84. The topological polar surface area (TPSA) is 15.3 Å². The molecule has 0 amide bonds. The van der Waals surface area contributed by atoms with Crippen LogP contribution in [0.2, 0.25) is 0 Å². The average molecular weight is 224 g/mol. The predicted molar refractivity (Wildman–Crippen MR) is 71.7 cm³/mol. The van der Waals surface area contributed by atoms with Crippen molar-refractivity contribution in [2.75, 3.05) is 19.6 Å². The van der Waals surface area contributed by atoms with Crippen molar-refractivity contribution in [2.45, 2.75) is 52.6 Å². The normalized spacial score (nSPS) is 16.4. The molecule has 0 unspecified atom stereocenters. The van der Waals surface area contributed by atoms with Crippen LogP contribution in [0, 0.1) is 5.92 Å². The van der Waals surface area contributed by atoms with Crippen LogP contribution in [0.5, 0.6) is 0 Å². The van der Waals surface area contributed by atoms with Gasteiger partial charge in [-0.3, -0.25) is 4.90 Å². The van der Waals surface area contributed by atoms with E-state index in [0.717, 1.165) is 25.0 Å². The highest BCUT2D eigenvalue weighted by atomic mass is 15.2. The number of nitrogens with one attached hydrogen (secondary N) is 1. The monoisotopic (exact) mass is 224 g/mol. The van der Waals surface area contributed by atoms with Gasteiger partial charge in [0.05, 0.1) is 0 Å². The lowest BCUT2D eigenvalue weighted by atomic mass is 10.2. The maximum absolute atomic E-state index is 4.18. The van der Waals surface area contributed by atoms with Crippen molar-refractivity contribution in [3.05, 3.63) is 12.2 Å². The first-order valence-electron chi connectivity index (χ1n) is 6.63. The maximum atomic E-state index is 4.18. The molecular formula is C14H28N2. The van der Waals surface area contributed by atoms with Gasteiger partial charge in [-0.2, -0.15) is 0 Å². The van der Waals surface area contributed by atoms with Gasteiger partial charge in [-0.15, -0.1) is 0 Å².